The highest BCUT2D eigenvalue weighted by atomic mass is 16.5. The molecule has 1 fully saturated rings. The molecule has 0 radical (unpaired) electrons. The Labute approximate surface area is 162 Å². The molecule has 1 aromatic carbocycles. The second kappa shape index (κ2) is 6.58. The molecule has 0 aliphatic heterocycles. The lowest BCUT2D eigenvalue weighted by Gasteiger charge is -2.49. The van der Waals surface area contributed by atoms with E-state index < -0.39 is 39.6 Å². The van der Waals surface area contributed by atoms with Crippen molar-refractivity contribution in [3.63, 3.8) is 0 Å². The number of phenolic OH excluding ortho intramolecular Hbond substituents is 3. The van der Waals surface area contributed by atoms with Gasteiger partial charge in [0.2, 0.25) is 5.78 Å². The van der Waals surface area contributed by atoms with E-state index in [9.17, 15) is 30.0 Å². The Bertz CT molecular complexity index is 914. The van der Waals surface area contributed by atoms with E-state index in [1.807, 2.05) is 0 Å². The fraction of sp³-hybridized carbons (Fsp3) is 0.429. The first-order valence-electron chi connectivity index (χ1n) is 9.09. The van der Waals surface area contributed by atoms with Crippen molar-refractivity contribution in [1.82, 2.24) is 0 Å². The predicted molar refractivity (Wildman–Crippen MR) is 101 cm³/mol. The van der Waals surface area contributed by atoms with Crippen LogP contribution in [0.3, 0.4) is 0 Å². The van der Waals surface area contributed by atoms with Crippen LogP contribution in [0.1, 0.15) is 54.6 Å². The van der Waals surface area contributed by atoms with Crippen LogP contribution in [0.5, 0.6) is 17.2 Å². The van der Waals surface area contributed by atoms with Gasteiger partial charge in [-0.15, -0.1) is 6.58 Å². The zero-order chi connectivity index (χ0) is 20.9. The highest BCUT2D eigenvalue weighted by molar-refractivity contribution is 6.13. The van der Waals surface area contributed by atoms with Crippen LogP contribution in [-0.2, 0) is 21.4 Å². The number of carbonyl (C=O) groups is 2. The van der Waals surface area contributed by atoms with Crippen molar-refractivity contribution in [1.29, 1.82) is 0 Å². The number of Topliss-reactive ketones (excluding diaryl/α,β-unsaturated/α-hetero) is 1. The van der Waals surface area contributed by atoms with Gasteiger partial charge >= 0.3 is 0 Å². The monoisotopic (exact) mass is 388 g/mol. The summed E-state index contributed by atoms with van der Waals surface area (Å²) in [5.41, 5.74) is -1.67. The minimum atomic E-state index is -1.03. The van der Waals surface area contributed by atoms with E-state index in [0.717, 1.165) is 0 Å². The lowest BCUT2D eigenvalue weighted by Crippen LogP contribution is -2.46. The van der Waals surface area contributed by atoms with Gasteiger partial charge in [-0.25, -0.2) is 0 Å². The van der Waals surface area contributed by atoms with E-state index in [1.165, 1.54) is 6.08 Å². The molecule has 2 atom stereocenters. The molecule has 0 saturated heterocycles. The molecule has 150 valence electrons. The second-order valence-corrected chi connectivity index (χ2v) is 7.97. The van der Waals surface area contributed by atoms with Gasteiger partial charge in [0.15, 0.2) is 17.3 Å². The van der Waals surface area contributed by atoms with Crippen LogP contribution in [-0.4, -0.2) is 39.3 Å². The number of allylic oxidation sites excluding steroid dienone is 2. The van der Waals surface area contributed by atoms with Crippen LogP contribution in [0, 0.1) is 5.41 Å². The first-order chi connectivity index (χ1) is 13.1. The minimum Gasteiger partial charge on any atom is -0.507 e. The largest absolute Gasteiger partial charge is 0.507 e. The Hall–Kier alpha value is -2.96. The minimum absolute atomic E-state index is 0.0256. The molecule has 1 aromatic rings. The van der Waals surface area contributed by atoms with Gasteiger partial charge in [-0.2, -0.15) is 0 Å². The lowest BCUT2D eigenvalue weighted by atomic mass is 9.54. The average Bonchev–Trinajstić information content (AvgIpc) is 2.64. The van der Waals surface area contributed by atoms with Crippen LogP contribution in [0.25, 0.3) is 0 Å². The smallest absolute Gasteiger partial charge is 0.293 e. The molecule has 7 nitrogen and oxygen atoms in total. The standard InChI is InChI=1S/C21H24O7/c1-4-6-11-14(23)12-13(17(26)15(11)24)21(3)8-5-7-20(2,9-28-10-22)19(21)18(27)16(12)25/h4,10,23-24,26-27H,1,5-9H2,2-3H3. The number of aromatic hydroxyl groups is 3. The molecular formula is C21H24O7. The molecule has 2 aliphatic rings. The highest BCUT2D eigenvalue weighted by Gasteiger charge is 2.55. The Morgan fingerprint density at radius 3 is 2.39 bits per heavy atom. The zero-order valence-corrected chi connectivity index (χ0v) is 15.9. The summed E-state index contributed by atoms with van der Waals surface area (Å²) in [6.07, 6.45) is 3.15. The van der Waals surface area contributed by atoms with Crippen molar-refractivity contribution < 1.29 is 34.8 Å². The number of rotatable bonds is 5. The van der Waals surface area contributed by atoms with Gasteiger partial charge in [-0.1, -0.05) is 26.3 Å². The summed E-state index contributed by atoms with van der Waals surface area (Å²) in [6.45, 7) is 7.34. The highest BCUT2D eigenvalue weighted by Crippen LogP contribution is 2.61. The molecule has 3 rings (SSSR count). The summed E-state index contributed by atoms with van der Waals surface area (Å²) in [5, 5.41) is 42.8. The quantitative estimate of drug-likeness (QED) is 0.264. The fourth-order valence-electron chi connectivity index (χ4n) is 5.00. The van der Waals surface area contributed by atoms with E-state index in [-0.39, 0.29) is 29.7 Å². The Kier molecular flexibility index (Phi) is 4.65. The number of carbonyl (C=O) groups excluding carboxylic acids is 2. The maximum Gasteiger partial charge on any atom is 0.293 e. The SMILES string of the molecule is C=CCc1c(O)c(O)c2c(c1O)C(=O)C(O)=C1C(C)(COC=O)CCCC12C. The first kappa shape index (κ1) is 19.8. The summed E-state index contributed by atoms with van der Waals surface area (Å²) in [4.78, 5) is 23.8. The number of benzene rings is 1. The van der Waals surface area contributed by atoms with Gasteiger partial charge in [0, 0.05) is 22.0 Å². The molecule has 0 aromatic heterocycles. The average molecular weight is 388 g/mol. The van der Waals surface area contributed by atoms with Crippen molar-refractivity contribution >= 4 is 12.3 Å². The number of fused-ring (bicyclic) bond motifs is 3. The number of aliphatic hydroxyl groups excluding tert-OH is 1. The predicted octanol–water partition coefficient (Wildman–Crippen LogP) is 3.16. The normalized spacial score (nSPS) is 26.4. The summed E-state index contributed by atoms with van der Waals surface area (Å²) in [6, 6.07) is 0. The Morgan fingerprint density at radius 2 is 1.79 bits per heavy atom. The molecule has 0 bridgehead atoms. The van der Waals surface area contributed by atoms with Crippen molar-refractivity contribution in [2.75, 3.05) is 6.61 Å². The maximum absolute atomic E-state index is 13.0. The second-order valence-electron chi connectivity index (χ2n) is 7.97. The van der Waals surface area contributed by atoms with E-state index in [0.29, 0.717) is 31.3 Å². The molecule has 7 heteroatoms. The van der Waals surface area contributed by atoms with E-state index in [1.54, 1.807) is 13.8 Å². The molecule has 0 amide bonds. The molecule has 0 heterocycles. The van der Waals surface area contributed by atoms with Crippen LogP contribution >= 0.6 is 0 Å². The van der Waals surface area contributed by atoms with Crippen molar-refractivity contribution in [2.24, 2.45) is 5.41 Å². The van der Waals surface area contributed by atoms with E-state index in [2.05, 4.69) is 6.58 Å². The number of hydrogen-bond acceptors (Lipinski definition) is 7. The van der Waals surface area contributed by atoms with Gasteiger partial charge in [-0.05, 0) is 24.8 Å². The number of ketones is 1. The molecular weight excluding hydrogens is 364 g/mol. The third-order valence-electron chi connectivity index (χ3n) is 6.13. The van der Waals surface area contributed by atoms with Gasteiger partial charge in [0.1, 0.15) is 12.4 Å². The molecule has 1 saturated carbocycles. The topological polar surface area (TPSA) is 124 Å². The van der Waals surface area contributed by atoms with Crippen LogP contribution in [0.2, 0.25) is 0 Å². The van der Waals surface area contributed by atoms with Crippen molar-refractivity contribution in [3.05, 3.63) is 40.7 Å². The maximum atomic E-state index is 13.0. The molecule has 2 aliphatic carbocycles. The summed E-state index contributed by atoms with van der Waals surface area (Å²) < 4.78 is 4.96. The molecule has 0 spiro atoms. The number of phenols is 3. The van der Waals surface area contributed by atoms with E-state index in [4.69, 9.17) is 4.74 Å². The number of aliphatic hydroxyl groups is 1. The summed E-state index contributed by atoms with van der Waals surface area (Å²) in [7, 11) is 0. The molecule has 28 heavy (non-hydrogen) atoms. The van der Waals surface area contributed by atoms with Crippen LogP contribution in [0.15, 0.2) is 24.0 Å². The number of hydrogen-bond donors (Lipinski definition) is 4. The first-order valence-corrected chi connectivity index (χ1v) is 9.09. The molecule has 2 unspecified atom stereocenters. The summed E-state index contributed by atoms with van der Waals surface area (Å²) >= 11 is 0. The lowest BCUT2D eigenvalue weighted by molar-refractivity contribution is -0.131. The van der Waals surface area contributed by atoms with Crippen molar-refractivity contribution in [2.45, 2.75) is 44.9 Å². The zero-order valence-electron chi connectivity index (χ0n) is 15.9. The van der Waals surface area contributed by atoms with Crippen LogP contribution in [0.4, 0.5) is 0 Å². The molecule has 4 N–H and O–H groups in total. The van der Waals surface area contributed by atoms with E-state index >= 15 is 0 Å². The third-order valence-corrected chi connectivity index (χ3v) is 6.13. The van der Waals surface area contributed by atoms with Gasteiger partial charge in [-0.3, -0.25) is 9.59 Å². The van der Waals surface area contributed by atoms with Crippen molar-refractivity contribution in [3.8, 4) is 17.2 Å². The van der Waals surface area contributed by atoms with Crippen LogP contribution < -0.4 is 0 Å². The summed E-state index contributed by atoms with van der Waals surface area (Å²) in [5.74, 6) is -2.83. The fourth-order valence-corrected chi connectivity index (χ4v) is 5.00. The Morgan fingerprint density at radius 1 is 1.11 bits per heavy atom. The Balaban J connectivity index is 2.35. The third kappa shape index (κ3) is 2.49. The number of ether oxygens (including phenoxy) is 1. The van der Waals surface area contributed by atoms with Gasteiger partial charge < -0.3 is 25.2 Å². The van der Waals surface area contributed by atoms with Gasteiger partial charge in [0.25, 0.3) is 6.47 Å². The van der Waals surface area contributed by atoms with Gasteiger partial charge in [0.05, 0.1) is 5.56 Å².